The number of nitrogens with one attached hydrogen (secondary N) is 1. The van der Waals surface area contributed by atoms with E-state index in [9.17, 15) is 0 Å². The van der Waals surface area contributed by atoms with Gasteiger partial charge in [0.2, 0.25) is 0 Å². The van der Waals surface area contributed by atoms with E-state index in [1.165, 1.54) is 5.56 Å². The number of hydrogen-bond donors (Lipinski definition) is 1. The molecule has 0 aliphatic rings. The summed E-state index contributed by atoms with van der Waals surface area (Å²) < 4.78 is 11.4. The number of benzene rings is 1. The van der Waals surface area contributed by atoms with E-state index >= 15 is 0 Å². The van der Waals surface area contributed by atoms with Crippen molar-refractivity contribution in [2.24, 2.45) is 0 Å². The van der Waals surface area contributed by atoms with Crippen molar-refractivity contribution in [2.45, 2.75) is 46.4 Å². The van der Waals surface area contributed by atoms with E-state index in [2.05, 4.69) is 31.8 Å². The molecule has 3 heteroatoms. The molecule has 0 aliphatic carbocycles. The molecule has 1 aromatic carbocycles. The van der Waals surface area contributed by atoms with Crippen molar-refractivity contribution in [3.8, 4) is 11.5 Å². The minimum absolute atomic E-state index is 0.0288. The van der Waals surface area contributed by atoms with Gasteiger partial charge in [-0.3, -0.25) is 0 Å². The van der Waals surface area contributed by atoms with Crippen molar-refractivity contribution in [3.63, 3.8) is 0 Å². The van der Waals surface area contributed by atoms with E-state index in [1.54, 1.807) is 6.08 Å². The zero-order chi connectivity index (χ0) is 14.3. The molecule has 0 spiro atoms. The van der Waals surface area contributed by atoms with Gasteiger partial charge in [0.1, 0.15) is 6.10 Å². The number of rotatable bonds is 8. The molecule has 0 amide bonds. The van der Waals surface area contributed by atoms with Gasteiger partial charge in [-0.25, -0.2) is 0 Å². The minimum Gasteiger partial charge on any atom is -0.490 e. The number of hydrogen-bond acceptors (Lipinski definition) is 3. The first kappa shape index (κ1) is 15.6. The molecule has 19 heavy (non-hydrogen) atoms. The van der Waals surface area contributed by atoms with Crippen molar-refractivity contribution < 1.29 is 9.47 Å². The fourth-order valence-electron chi connectivity index (χ4n) is 1.60. The Morgan fingerprint density at radius 1 is 1.26 bits per heavy atom. The van der Waals surface area contributed by atoms with Crippen LogP contribution in [-0.2, 0) is 6.54 Å². The van der Waals surface area contributed by atoms with Gasteiger partial charge in [0, 0.05) is 12.6 Å². The first-order chi connectivity index (χ1) is 9.06. The van der Waals surface area contributed by atoms with Crippen LogP contribution in [0.1, 0.15) is 33.3 Å². The monoisotopic (exact) mass is 263 g/mol. The molecule has 1 atom stereocenters. The van der Waals surface area contributed by atoms with Crippen LogP contribution in [-0.4, -0.2) is 18.8 Å². The highest BCUT2D eigenvalue weighted by Gasteiger charge is 2.09. The number of ether oxygens (including phenoxy) is 2. The molecule has 1 rings (SSSR count). The third-order valence-corrected chi connectivity index (χ3v) is 2.67. The summed E-state index contributed by atoms with van der Waals surface area (Å²) in [5.41, 5.74) is 1.19. The van der Waals surface area contributed by atoms with E-state index in [4.69, 9.17) is 9.47 Å². The third-order valence-electron chi connectivity index (χ3n) is 2.67. The average Bonchev–Trinajstić information content (AvgIpc) is 2.39. The van der Waals surface area contributed by atoms with Crippen LogP contribution in [0.2, 0.25) is 0 Å². The van der Waals surface area contributed by atoms with Crippen LogP contribution in [0.25, 0.3) is 0 Å². The smallest absolute Gasteiger partial charge is 0.162 e. The maximum atomic E-state index is 5.76. The molecule has 0 fully saturated rings. The summed E-state index contributed by atoms with van der Waals surface area (Å²) in [5.74, 6) is 1.56. The molecule has 0 saturated carbocycles. The van der Waals surface area contributed by atoms with Gasteiger partial charge in [-0.15, -0.1) is 0 Å². The summed E-state index contributed by atoms with van der Waals surface area (Å²) in [6.45, 7) is 13.4. The Balaban J connectivity index is 2.84. The van der Waals surface area contributed by atoms with Gasteiger partial charge < -0.3 is 14.8 Å². The molecule has 0 aliphatic heterocycles. The van der Waals surface area contributed by atoms with Crippen molar-refractivity contribution in [3.05, 3.63) is 36.4 Å². The fraction of sp³-hybridized carbons (Fsp3) is 0.500. The summed E-state index contributed by atoms with van der Waals surface area (Å²) in [7, 11) is 0. The second kappa shape index (κ2) is 7.85. The molecule has 1 N–H and O–H groups in total. The predicted octanol–water partition coefficient (Wildman–Crippen LogP) is 3.54. The summed E-state index contributed by atoms with van der Waals surface area (Å²) in [4.78, 5) is 0. The standard InChI is InChI=1S/C16H25NO2/c1-6-13(5)19-15-9-8-14(11-17-12(3)4)10-16(15)18-7-2/h6,8-10,12-13,17H,1,7,11H2,2-5H3. The lowest BCUT2D eigenvalue weighted by Crippen LogP contribution is -2.21. The van der Waals surface area contributed by atoms with Crippen LogP contribution in [0.3, 0.4) is 0 Å². The van der Waals surface area contributed by atoms with Gasteiger partial charge in [0.15, 0.2) is 11.5 Å². The predicted molar refractivity (Wildman–Crippen MR) is 79.9 cm³/mol. The van der Waals surface area contributed by atoms with Crippen LogP contribution < -0.4 is 14.8 Å². The second-order valence-corrected chi connectivity index (χ2v) is 4.81. The molecular formula is C16H25NO2. The first-order valence-corrected chi connectivity index (χ1v) is 6.85. The van der Waals surface area contributed by atoms with Gasteiger partial charge >= 0.3 is 0 Å². The lowest BCUT2D eigenvalue weighted by Gasteiger charge is -2.16. The zero-order valence-corrected chi connectivity index (χ0v) is 12.4. The third kappa shape index (κ3) is 5.35. The Labute approximate surface area is 116 Å². The zero-order valence-electron chi connectivity index (χ0n) is 12.4. The van der Waals surface area contributed by atoms with Crippen LogP contribution in [0.15, 0.2) is 30.9 Å². The fourth-order valence-corrected chi connectivity index (χ4v) is 1.60. The minimum atomic E-state index is -0.0288. The van der Waals surface area contributed by atoms with Gasteiger partial charge in [0.05, 0.1) is 6.61 Å². The maximum Gasteiger partial charge on any atom is 0.162 e. The second-order valence-electron chi connectivity index (χ2n) is 4.81. The van der Waals surface area contributed by atoms with Gasteiger partial charge in [-0.1, -0.05) is 32.6 Å². The van der Waals surface area contributed by atoms with Crippen LogP contribution in [0.4, 0.5) is 0 Å². The SMILES string of the molecule is C=CC(C)Oc1ccc(CNC(C)C)cc1OCC. The van der Waals surface area contributed by atoms with E-state index in [0.29, 0.717) is 12.6 Å². The molecular weight excluding hydrogens is 238 g/mol. The van der Waals surface area contributed by atoms with Crippen LogP contribution >= 0.6 is 0 Å². The largest absolute Gasteiger partial charge is 0.490 e. The van der Waals surface area contributed by atoms with Crippen LogP contribution in [0, 0.1) is 0 Å². The van der Waals surface area contributed by atoms with Gasteiger partial charge in [0.25, 0.3) is 0 Å². The highest BCUT2D eigenvalue weighted by atomic mass is 16.5. The molecule has 0 bridgehead atoms. The van der Waals surface area contributed by atoms with Gasteiger partial charge in [-0.2, -0.15) is 0 Å². The van der Waals surface area contributed by atoms with E-state index in [-0.39, 0.29) is 6.10 Å². The normalized spacial score (nSPS) is 12.3. The average molecular weight is 263 g/mol. The van der Waals surface area contributed by atoms with Crippen molar-refractivity contribution >= 4 is 0 Å². The first-order valence-electron chi connectivity index (χ1n) is 6.85. The quantitative estimate of drug-likeness (QED) is 0.728. The van der Waals surface area contributed by atoms with Crippen molar-refractivity contribution in [1.82, 2.24) is 5.32 Å². The highest BCUT2D eigenvalue weighted by molar-refractivity contribution is 5.43. The maximum absolute atomic E-state index is 5.76. The Morgan fingerprint density at radius 2 is 2.00 bits per heavy atom. The molecule has 0 aromatic heterocycles. The Hall–Kier alpha value is -1.48. The Kier molecular flexibility index (Phi) is 6.43. The molecule has 3 nitrogen and oxygen atoms in total. The van der Waals surface area contributed by atoms with Crippen molar-refractivity contribution in [2.75, 3.05) is 6.61 Å². The summed E-state index contributed by atoms with van der Waals surface area (Å²) >= 11 is 0. The Morgan fingerprint density at radius 3 is 2.58 bits per heavy atom. The molecule has 1 unspecified atom stereocenters. The summed E-state index contributed by atoms with van der Waals surface area (Å²) in [6, 6.07) is 6.52. The van der Waals surface area contributed by atoms with E-state index in [0.717, 1.165) is 18.0 Å². The molecule has 106 valence electrons. The topological polar surface area (TPSA) is 30.5 Å². The van der Waals surface area contributed by atoms with E-state index in [1.807, 2.05) is 26.0 Å². The van der Waals surface area contributed by atoms with Crippen molar-refractivity contribution in [1.29, 1.82) is 0 Å². The van der Waals surface area contributed by atoms with E-state index < -0.39 is 0 Å². The molecule has 0 heterocycles. The van der Waals surface area contributed by atoms with Gasteiger partial charge in [-0.05, 0) is 31.5 Å². The Bertz CT molecular complexity index is 402. The highest BCUT2D eigenvalue weighted by Crippen LogP contribution is 2.29. The van der Waals surface area contributed by atoms with Crippen LogP contribution in [0.5, 0.6) is 11.5 Å². The summed E-state index contributed by atoms with van der Waals surface area (Å²) in [5, 5.41) is 3.39. The molecule has 1 aromatic rings. The molecule has 0 saturated heterocycles. The summed E-state index contributed by atoms with van der Waals surface area (Å²) in [6.07, 6.45) is 1.74. The molecule has 0 radical (unpaired) electrons. The lowest BCUT2D eigenvalue weighted by atomic mass is 10.2. The lowest BCUT2D eigenvalue weighted by molar-refractivity contribution is 0.245.